The highest BCUT2D eigenvalue weighted by atomic mass is 32.2. The zero-order valence-electron chi connectivity index (χ0n) is 17.9. The molecule has 0 radical (unpaired) electrons. The number of aromatic nitrogens is 2. The normalized spacial score (nSPS) is 14.9. The van der Waals surface area contributed by atoms with E-state index in [1.165, 1.54) is 29.5 Å². The van der Waals surface area contributed by atoms with Crippen molar-refractivity contribution in [3.63, 3.8) is 0 Å². The fourth-order valence-corrected chi connectivity index (χ4v) is 5.22. The number of ether oxygens (including phenoxy) is 1. The number of carbonyl (C=O) groups excluding carboxylic acids is 1. The van der Waals surface area contributed by atoms with Crippen LogP contribution in [0.5, 0.6) is 0 Å². The third kappa shape index (κ3) is 4.32. The van der Waals surface area contributed by atoms with Crippen molar-refractivity contribution in [2.24, 2.45) is 0 Å². The Balaban J connectivity index is 1.98. The Kier molecular flexibility index (Phi) is 6.02. The number of hydrogen-bond donors (Lipinski definition) is 0. The second-order valence-corrected chi connectivity index (χ2v) is 10.2. The largest absolute Gasteiger partial charge is 0.456 e. The Hall–Kier alpha value is -2.12. The maximum Gasteiger partial charge on any atom is 0.349 e. The second kappa shape index (κ2) is 8.55. The fraction of sp³-hybridized carbons (Fsp3) is 0.435. The Morgan fingerprint density at radius 3 is 2.43 bits per heavy atom. The number of carbonyl (C=O) groups is 1. The third-order valence-electron chi connectivity index (χ3n) is 5.00. The number of thioether (sulfide) groups is 1. The van der Waals surface area contributed by atoms with E-state index in [-0.39, 0.29) is 5.97 Å². The van der Waals surface area contributed by atoms with Gasteiger partial charge in [-0.2, -0.15) is 0 Å². The molecule has 0 saturated carbocycles. The van der Waals surface area contributed by atoms with Crippen LogP contribution in [0, 0.1) is 0 Å². The van der Waals surface area contributed by atoms with Gasteiger partial charge in [0.05, 0.1) is 5.39 Å². The maximum atomic E-state index is 13.2. The molecule has 3 heterocycles. The van der Waals surface area contributed by atoms with Crippen molar-refractivity contribution < 1.29 is 9.53 Å². The minimum Gasteiger partial charge on any atom is -0.456 e. The van der Waals surface area contributed by atoms with Crippen molar-refractivity contribution in [2.45, 2.75) is 50.8 Å². The summed E-state index contributed by atoms with van der Waals surface area (Å²) in [6.07, 6.45) is 5.55. The molecule has 1 aromatic carbocycles. The van der Waals surface area contributed by atoms with E-state index in [2.05, 4.69) is 4.90 Å². The minimum atomic E-state index is -0.562. The number of anilines is 1. The number of hydrogen-bond acceptors (Lipinski definition) is 7. The molecule has 2 aromatic heterocycles. The SMILES string of the molecule is CSc1nc(N2CCCCC2)c2c(-c3ccccc3)c(C(=O)OC(C)(C)C)sc2n1. The highest BCUT2D eigenvalue weighted by Gasteiger charge is 2.29. The molecular weight excluding hydrogens is 414 g/mol. The van der Waals surface area contributed by atoms with Crippen molar-refractivity contribution in [2.75, 3.05) is 24.2 Å². The van der Waals surface area contributed by atoms with E-state index in [1.807, 2.05) is 57.4 Å². The number of fused-ring (bicyclic) bond motifs is 1. The number of piperidine rings is 1. The lowest BCUT2D eigenvalue weighted by Gasteiger charge is -2.28. The van der Waals surface area contributed by atoms with E-state index in [0.29, 0.717) is 4.88 Å². The van der Waals surface area contributed by atoms with Crippen LogP contribution >= 0.6 is 23.1 Å². The summed E-state index contributed by atoms with van der Waals surface area (Å²) in [6.45, 7) is 7.64. The Bertz CT molecular complexity index is 1050. The van der Waals surface area contributed by atoms with Crippen LogP contribution < -0.4 is 4.90 Å². The highest BCUT2D eigenvalue weighted by Crippen LogP contribution is 2.44. The summed E-state index contributed by atoms with van der Waals surface area (Å²) in [6, 6.07) is 10.1. The fourth-order valence-electron chi connectivity index (χ4n) is 3.74. The first kappa shape index (κ1) is 21.1. The number of rotatable bonds is 4. The number of benzene rings is 1. The predicted octanol–water partition coefficient (Wildman–Crippen LogP) is 6.03. The molecule has 30 heavy (non-hydrogen) atoms. The van der Waals surface area contributed by atoms with Crippen molar-refractivity contribution >= 4 is 45.1 Å². The van der Waals surface area contributed by atoms with Gasteiger partial charge in [-0.1, -0.05) is 42.1 Å². The molecule has 0 unspecified atom stereocenters. The lowest BCUT2D eigenvalue weighted by molar-refractivity contribution is 0.00761. The molecule has 4 rings (SSSR count). The number of esters is 1. The zero-order valence-corrected chi connectivity index (χ0v) is 19.5. The van der Waals surface area contributed by atoms with Crippen molar-refractivity contribution in [1.82, 2.24) is 9.97 Å². The Morgan fingerprint density at radius 1 is 1.10 bits per heavy atom. The van der Waals surface area contributed by atoms with Crippen LogP contribution in [0.3, 0.4) is 0 Å². The average Bonchev–Trinajstić information content (AvgIpc) is 3.13. The Morgan fingerprint density at radius 2 is 1.80 bits per heavy atom. The minimum absolute atomic E-state index is 0.306. The van der Waals surface area contributed by atoms with Crippen LogP contribution in [0.15, 0.2) is 35.5 Å². The molecular formula is C23H27N3O2S2. The van der Waals surface area contributed by atoms with Gasteiger partial charge >= 0.3 is 5.97 Å². The van der Waals surface area contributed by atoms with Crippen LogP contribution in [-0.2, 0) is 4.74 Å². The molecule has 158 valence electrons. The van der Waals surface area contributed by atoms with Crippen LogP contribution in [0.2, 0.25) is 0 Å². The van der Waals surface area contributed by atoms with Gasteiger partial charge in [-0.05, 0) is 51.9 Å². The molecule has 1 fully saturated rings. The molecule has 7 heteroatoms. The van der Waals surface area contributed by atoms with Gasteiger partial charge in [0.25, 0.3) is 0 Å². The van der Waals surface area contributed by atoms with Crippen LogP contribution in [-0.4, -0.2) is 40.9 Å². The van der Waals surface area contributed by atoms with E-state index in [4.69, 9.17) is 14.7 Å². The number of nitrogens with zero attached hydrogens (tertiary/aromatic N) is 3. The molecule has 1 aliphatic heterocycles. The van der Waals surface area contributed by atoms with Gasteiger partial charge < -0.3 is 9.64 Å². The smallest absolute Gasteiger partial charge is 0.349 e. The topological polar surface area (TPSA) is 55.3 Å². The zero-order chi connectivity index (χ0) is 21.3. The van der Waals surface area contributed by atoms with Crippen molar-refractivity contribution in [3.05, 3.63) is 35.2 Å². The summed E-state index contributed by atoms with van der Waals surface area (Å²) in [5.41, 5.74) is 1.31. The van der Waals surface area contributed by atoms with Gasteiger partial charge in [0.2, 0.25) is 0 Å². The maximum absolute atomic E-state index is 13.2. The van der Waals surface area contributed by atoms with E-state index < -0.39 is 5.60 Å². The molecule has 0 N–H and O–H groups in total. The predicted molar refractivity (Wildman–Crippen MR) is 126 cm³/mol. The number of thiophene rings is 1. The highest BCUT2D eigenvalue weighted by molar-refractivity contribution is 7.98. The summed E-state index contributed by atoms with van der Waals surface area (Å²) < 4.78 is 5.76. The van der Waals surface area contributed by atoms with Crippen LogP contribution in [0.4, 0.5) is 5.82 Å². The van der Waals surface area contributed by atoms with E-state index in [0.717, 1.165) is 58.2 Å². The first-order valence-electron chi connectivity index (χ1n) is 10.3. The monoisotopic (exact) mass is 441 g/mol. The van der Waals surface area contributed by atoms with Gasteiger partial charge in [0.1, 0.15) is 21.1 Å². The van der Waals surface area contributed by atoms with Gasteiger partial charge in [-0.25, -0.2) is 14.8 Å². The lowest BCUT2D eigenvalue weighted by Crippen LogP contribution is -2.30. The van der Waals surface area contributed by atoms with Crippen LogP contribution in [0.1, 0.15) is 49.7 Å². The van der Waals surface area contributed by atoms with Crippen LogP contribution in [0.25, 0.3) is 21.3 Å². The summed E-state index contributed by atoms with van der Waals surface area (Å²) in [7, 11) is 0. The van der Waals surface area contributed by atoms with E-state index in [1.54, 1.807) is 0 Å². The summed E-state index contributed by atoms with van der Waals surface area (Å²) >= 11 is 2.94. The molecule has 0 aliphatic carbocycles. The van der Waals surface area contributed by atoms with Crippen molar-refractivity contribution in [3.8, 4) is 11.1 Å². The van der Waals surface area contributed by atoms with Crippen molar-refractivity contribution in [1.29, 1.82) is 0 Å². The standard InChI is InChI=1S/C23H27N3O2S2/c1-23(2,3)28-21(27)18-16(15-11-7-5-8-12-15)17-19(26-13-9-6-10-14-26)24-22(29-4)25-20(17)30-18/h5,7-8,11-12H,6,9-10,13-14H2,1-4H3. The van der Waals surface area contributed by atoms with E-state index in [9.17, 15) is 4.79 Å². The van der Waals surface area contributed by atoms with Gasteiger partial charge in [-0.3, -0.25) is 0 Å². The summed E-state index contributed by atoms with van der Waals surface area (Å²) in [5, 5.41) is 1.70. The molecule has 0 bridgehead atoms. The first-order chi connectivity index (χ1) is 14.4. The molecule has 0 spiro atoms. The molecule has 0 amide bonds. The molecule has 3 aromatic rings. The summed E-state index contributed by atoms with van der Waals surface area (Å²) in [5.74, 6) is 0.633. The molecule has 1 saturated heterocycles. The van der Waals surface area contributed by atoms with Gasteiger partial charge in [0, 0.05) is 18.7 Å². The molecule has 1 aliphatic rings. The molecule has 0 atom stereocenters. The average molecular weight is 442 g/mol. The Labute approximate surface area is 185 Å². The first-order valence-corrected chi connectivity index (χ1v) is 12.3. The second-order valence-electron chi connectivity index (χ2n) is 8.44. The summed E-state index contributed by atoms with van der Waals surface area (Å²) in [4.78, 5) is 26.7. The van der Waals surface area contributed by atoms with E-state index >= 15 is 0 Å². The third-order valence-corrected chi connectivity index (χ3v) is 6.61. The van der Waals surface area contributed by atoms with Gasteiger partial charge in [-0.15, -0.1) is 11.3 Å². The quantitative estimate of drug-likeness (QED) is 0.280. The van der Waals surface area contributed by atoms with Gasteiger partial charge in [0.15, 0.2) is 5.16 Å². The lowest BCUT2D eigenvalue weighted by atomic mass is 10.0. The molecule has 5 nitrogen and oxygen atoms in total.